The van der Waals surface area contributed by atoms with E-state index in [1.54, 1.807) is 0 Å². The van der Waals surface area contributed by atoms with Crippen molar-refractivity contribution < 1.29 is 8.83 Å². The molecular weight excluding hydrogens is 188 g/mol. The van der Waals surface area contributed by atoms with E-state index in [-0.39, 0.29) is 0 Å². The Hall–Kier alpha value is -1.44. The van der Waals surface area contributed by atoms with Gasteiger partial charge in [0.2, 0.25) is 0 Å². The van der Waals surface area contributed by atoms with Crippen LogP contribution in [0.25, 0.3) is 0 Å². The maximum atomic E-state index is 5.50. The molecule has 0 bridgehead atoms. The molecule has 0 saturated carbocycles. The maximum absolute atomic E-state index is 5.50. The van der Waals surface area contributed by atoms with E-state index in [0.29, 0.717) is 0 Å². The minimum absolute atomic E-state index is 0.980. The van der Waals surface area contributed by atoms with Gasteiger partial charge in [-0.15, -0.1) is 0 Å². The van der Waals surface area contributed by atoms with Crippen molar-refractivity contribution in [2.24, 2.45) is 0 Å². The van der Waals surface area contributed by atoms with E-state index >= 15 is 0 Å². The van der Waals surface area contributed by atoms with Crippen molar-refractivity contribution in [2.45, 2.75) is 33.1 Å². The maximum Gasteiger partial charge on any atom is 0.104 e. The Morgan fingerprint density at radius 2 is 1.27 bits per heavy atom. The minimum atomic E-state index is 0.980. The average molecular weight is 204 g/mol. The molecule has 0 fully saturated rings. The molecule has 2 aromatic rings. The number of furan rings is 2. The number of aryl methyl sites for hydroxylation is 4. The van der Waals surface area contributed by atoms with Crippen LogP contribution in [0.15, 0.2) is 33.1 Å². The van der Waals surface area contributed by atoms with E-state index in [1.807, 2.05) is 38.1 Å². The van der Waals surface area contributed by atoms with E-state index in [0.717, 1.165) is 42.3 Å². The van der Waals surface area contributed by atoms with Crippen LogP contribution < -0.4 is 0 Å². The summed E-state index contributed by atoms with van der Waals surface area (Å²) < 4.78 is 11.0. The third kappa shape index (κ3) is 2.75. The topological polar surface area (TPSA) is 26.3 Å². The van der Waals surface area contributed by atoms with Crippen LogP contribution in [0.5, 0.6) is 0 Å². The van der Waals surface area contributed by atoms with E-state index in [9.17, 15) is 0 Å². The number of hydrogen-bond donors (Lipinski definition) is 0. The van der Waals surface area contributed by atoms with Gasteiger partial charge in [0.1, 0.15) is 23.0 Å². The molecule has 2 nitrogen and oxygen atoms in total. The van der Waals surface area contributed by atoms with Crippen molar-refractivity contribution in [1.82, 2.24) is 0 Å². The molecule has 2 heteroatoms. The zero-order chi connectivity index (χ0) is 10.7. The summed E-state index contributed by atoms with van der Waals surface area (Å²) in [6.07, 6.45) is 3.03. The SMILES string of the molecule is Cc1ccc(CCCc2ccc(C)o2)o1. The van der Waals surface area contributed by atoms with Crippen LogP contribution in [0.4, 0.5) is 0 Å². The largest absolute Gasteiger partial charge is 0.466 e. The molecule has 0 atom stereocenters. The summed E-state index contributed by atoms with van der Waals surface area (Å²) in [6, 6.07) is 8.10. The van der Waals surface area contributed by atoms with Crippen molar-refractivity contribution in [3.05, 3.63) is 47.3 Å². The van der Waals surface area contributed by atoms with Crippen LogP contribution in [-0.2, 0) is 12.8 Å². The molecule has 0 amide bonds. The summed E-state index contributed by atoms with van der Waals surface area (Å²) in [4.78, 5) is 0. The fourth-order valence-corrected chi connectivity index (χ4v) is 1.68. The molecular formula is C13H16O2. The fraction of sp³-hybridized carbons (Fsp3) is 0.385. The van der Waals surface area contributed by atoms with E-state index in [1.165, 1.54) is 0 Å². The van der Waals surface area contributed by atoms with Crippen molar-refractivity contribution in [3.8, 4) is 0 Å². The average Bonchev–Trinajstić information content (AvgIpc) is 2.76. The second-order valence-electron chi connectivity index (χ2n) is 3.88. The first-order chi connectivity index (χ1) is 7.24. The Morgan fingerprint density at radius 1 is 0.800 bits per heavy atom. The highest BCUT2D eigenvalue weighted by molar-refractivity contribution is 5.08. The van der Waals surface area contributed by atoms with Gasteiger partial charge in [-0.2, -0.15) is 0 Å². The molecule has 80 valence electrons. The lowest BCUT2D eigenvalue weighted by Gasteiger charge is -1.96. The summed E-state index contributed by atoms with van der Waals surface area (Å²) in [7, 11) is 0. The summed E-state index contributed by atoms with van der Waals surface area (Å²) in [6.45, 7) is 3.94. The third-order valence-corrected chi connectivity index (χ3v) is 2.44. The lowest BCUT2D eigenvalue weighted by Crippen LogP contribution is -1.86. The van der Waals surface area contributed by atoms with Crippen LogP contribution in [0, 0.1) is 13.8 Å². The molecule has 0 N–H and O–H groups in total. The first kappa shape index (κ1) is 10.1. The third-order valence-electron chi connectivity index (χ3n) is 2.44. The van der Waals surface area contributed by atoms with Gasteiger partial charge in [-0.3, -0.25) is 0 Å². The lowest BCUT2D eigenvalue weighted by atomic mass is 10.2. The number of rotatable bonds is 4. The number of hydrogen-bond acceptors (Lipinski definition) is 2. The predicted octanol–water partition coefficient (Wildman–Crippen LogP) is 3.66. The Bertz CT molecular complexity index is 383. The summed E-state index contributed by atoms with van der Waals surface area (Å²) in [5.74, 6) is 4.10. The zero-order valence-corrected chi connectivity index (χ0v) is 9.25. The molecule has 0 aliphatic carbocycles. The molecule has 15 heavy (non-hydrogen) atoms. The molecule has 0 aliphatic heterocycles. The van der Waals surface area contributed by atoms with Gasteiger partial charge in [0, 0.05) is 12.8 Å². The molecule has 0 spiro atoms. The molecule has 2 aromatic heterocycles. The normalized spacial score (nSPS) is 10.8. The highest BCUT2D eigenvalue weighted by Gasteiger charge is 2.01. The summed E-state index contributed by atoms with van der Waals surface area (Å²) >= 11 is 0. The van der Waals surface area contributed by atoms with Crippen LogP contribution in [-0.4, -0.2) is 0 Å². The Morgan fingerprint density at radius 3 is 1.60 bits per heavy atom. The van der Waals surface area contributed by atoms with Gasteiger partial charge < -0.3 is 8.83 Å². The lowest BCUT2D eigenvalue weighted by molar-refractivity contribution is 0.455. The predicted molar refractivity (Wildman–Crippen MR) is 58.9 cm³/mol. The fourth-order valence-electron chi connectivity index (χ4n) is 1.68. The van der Waals surface area contributed by atoms with Gasteiger partial charge in [0.15, 0.2) is 0 Å². The standard InChI is InChI=1S/C13H16O2/c1-10-6-8-12(14-10)4-3-5-13-9-7-11(2)15-13/h6-9H,3-5H2,1-2H3. The highest BCUT2D eigenvalue weighted by atomic mass is 16.3. The van der Waals surface area contributed by atoms with Crippen molar-refractivity contribution in [1.29, 1.82) is 0 Å². The molecule has 0 aromatic carbocycles. The Kier molecular flexibility index (Phi) is 2.95. The summed E-state index contributed by atoms with van der Waals surface area (Å²) in [5, 5.41) is 0. The second-order valence-corrected chi connectivity index (χ2v) is 3.88. The first-order valence-electron chi connectivity index (χ1n) is 5.34. The van der Waals surface area contributed by atoms with Crippen molar-refractivity contribution in [3.63, 3.8) is 0 Å². The van der Waals surface area contributed by atoms with Gasteiger partial charge in [0.25, 0.3) is 0 Å². The van der Waals surface area contributed by atoms with E-state index in [2.05, 4.69) is 0 Å². The first-order valence-corrected chi connectivity index (χ1v) is 5.34. The van der Waals surface area contributed by atoms with Gasteiger partial charge >= 0.3 is 0 Å². The molecule has 0 unspecified atom stereocenters. The van der Waals surface area contributed by atoms with Crippen molar-refractivity contribution >= 4 is 0 Å². The second kappa shape index (κ2) is 4.39. The highest BCUT2D eigenvalue weighted by Crippen LogP contribution is 2.13. The van der Waals surface area contributed by atoms with E-state index < -0.39 is 0 Å². The molecule has 2 heterocycles. The van der Waals surface area contributed by atoms with E-state index in [4.69, 9.17) is 8.83 Å². The van der Waals surface area contributed by atoms with Gasteiger partial charge in [-0.25, -0.2) is 0 Å². The molecule has 0 saturated heterocycles. The minimum Gasteiger partial charge on any atom is -0.466 e. The molecule has 0 radical (unpaired) electrons. The quantitative estimate of drug-likeness (QED) is 0.759. The smallest absolute Gasteiger partial charge is 0.104 e. The van der Waals surface area contributed by atoms with Gasteiger partial charge in [-0.05, 0) is 44.5 Å². The van der Waals surface area contributed by atoms with Gasteiger partial charge in [-0.1, -0.05) is 0 Å². The zero-order valence-electron chi connectivity index (χ0n) is 9.25. The van der Waals surface area contributed by atoms with Gasteiger partial charge in [0.05, 0.1) is 0 Å². The molecule has 0 aliphatic rings. The van der Waals surface area contributed by atoms with Crippen molar-refractivity contribution in [2.75, 3.05) is 0 Å². The van der Waals surface area contributed by atoms with Crippen LogP contribution in [0.2, 0.25) is 0 Å². The Labute approximate surface area is 89.9 Å². The molecule has 2 rings (SSSR count). The monoisotopic (exact) mass is 204 g/mol. The Balaban J connectivity index is 1.80. The van der Waals surface area contributed by atoms with Crippen LogP contribution in [0.1, 0.15) is 29.5 Å². The summed E-state index contributed by atoms with van der Waals surface area (Å²) in [5.41, 5.74) is 0. The van der Waals surface area contributed by atoms with Crippen LogP contribution in [0.3, 0.4) is 0 Å². The van der Waals surface area contributed by atoms with Crippen LogP contribution >= 0.6 is 0 Å².